The normalized spacial score (nSPS) is 14.4. The van der Waals surface area contributed by atoms with E-state index in [4.69, 9.17) is 4.74 Å². The Morgan fingerprint density at radius 2 is 1.38 bits per heavy atom. The fourth-order valence-corrected chi connectivity index (χ4v) is 2.90. The number of aliphatic hydroxyl groups is 1. The third kappa shape index (κ3) is 12.0. The lowest BCUT2D eigenvalue weighted by Gasteiger charge is -2.26. The molecule has 29 heavy (non-hydrogen) atoms. The van der Waals surface area contributed by atoms with Gasteiger partial charge in [-0.05, 0) is 6.92 Å². The highest BCUT2D eigenvalue weighted by Gasteiger charge is 2.46. The minimum absolute atomic E-state index is 0.0290. The number of esters is 1. The Hall–Kier alpha value is -1.43. The van der Waals surface area contributed by atoms with Gasteiger partial charge in [-0.2, -0.15) is 26.3 Å². The van der Waals surface area contributed by atoms with E-state index < -0.39 is 43.1 Å². The smallest absolute Gasteiger partial charge is 0.459 e. The third-order valence-electron chi connectivity index (χ3n) is 2.29. The molecule has 0 aromatic rings. The summed E-state index contributed by atoms with van der Waals surface area (Å²) in [6, 6.07) is 0. The monoisotopic (exact) mass is 482 g/mol. The average Bonchev–Trinajstić information content (AvgIpc) is 2.39. The first-order chi connectivity index (χ1) is 12.4. The zero-order valence-electron chi connectivity index (χ0n) is 15.6. The lowest BCUT2D eigenvalue weighted by molar-refractivity contribution is -0.873. The number of nitrogens with zero attached hydrogens (tertiary/aromatic N) is 2. The van der Waals surface area contributed by atoms with Crippen LogP contribution in [0, 0.1) is 0 Å². The van der Waals surface area contributed by atoms with E-state index in [1.165, 1.54) is 0 Å². The van der Waals surface area contributed by atoms with Crippen LogP contribution in [-0.2, 0) is 29.6 Å². The van der Waals surface area contributed by atoms with Crippen molar-refractivity contribution >= 4 is 26.0 Å². The van der Waals surface area contributed by atoms with Crippen molar-refractivity contribution in [1.82, 2.24) is 0 Å². The molecule has 0 saturated heterocycles. The van der Waals surface area contributed by atoms with E-state index in [2.05, 4.69) is 6.58 Å². The number of rotatable bonds is 7. The Bertz CT molecular complexity index is 741. The number of sulfonamides is 2. The van der Waals surface area contributed by atoms with Crippen LogP contribution in [0.1, 0.15) is 6.92 Å². The molecule has 0 spiro atoms. The Morgan fingerprint density at radius 3 is 1.62 bits per heavy atom. The molecule has 0 fully saturated rings. The van der Waals surface area contributed by atoms with Crippen LogP contribution in [0.3, 0.4) is 0 Å². The van der Waals surface area contributed by atoms with E-state index in [1.54, 1.807) is 6.92 Å². The average molecular weight is 482 g/mol. The van der Waals surface area contributed by atoms with Gasteiger partial charge in [0.2, 0.25) is 0 Å². The maximum atomic E-state index is 11.4. The quantitative estimate of drug-likeness (QED) is 0.250. The van der Waals surface area contributed by atoms with Crippen molar-refractivity contribution in [2.45, 2.75) is 24.0 Å². The van der Waals surface area contributed by atoms with Crippen molar-refractivity contribution in [3.05, 3.63) is 16.3 Å². The largest absolute Gasteiger partial charge is 0.480 e. The van der Waals surface area contributed by atoms with Gasteiger partial charge in [-0.1, -0.05) is 6.58 Å². The molecule has 0 saturated carbocycles. The molecule has 0 aromatic carbocycles. The topological polar surface area (TPSA) is 129 Å². The SMILES string of the molecule is C=C(C)C(=O)OCC(O)C[N+](C)(C)C.O=S(=O)([N-]S(=O)(=O)C(F)(F)F)C(F)(F)F. The zero-order valence-corrected chi connectivity index (χ0v) is 17.2. The van der Waals surface area contributed by atoms with Crippen molar-refractivity contribution < 1.29 is 62.3 Å². The van der Waals surface area contributed by atoms with Gasteiger partial charge in [-0.3, -0.25) is 0 Å². The van der Waals surface area contributed by atoms with Crippen molar-refractivity contribution in [1.29, 1.82) is 0 Å². The van der Waals surface area contributed by atoms with Crippen LogP contribution < -0.4 is 0 Å². The molecule has 0 aliphatic carbocycles. The zero-order chi connectivity index (χ0) is 24.1. The highest BCUT2D eigenvalue weighted by molar-refractivity contribution is 8.13. The van der Waals surface area contributed by atoms with E-state index in [0.29, 0.717) is 16.6 Å². The Balaban J connectivity index is 0. The van der Waals surface area contributed by atoms with E-state index in [9.17, 15) is 53.1 Å². The highest BCUT2D eigenvalue weighted by atomic mass is 32.3. The van der Waals surface area contributed by atoms with Crippen LogP contribution in [0.2, 0.25) is 0 Å². The molecule has 0 heterocycles. The van der Waals surface area contributed by atoms with Crippen molar-refractivity contribution in [2.75, 3.05) is 34.3 Å². The number of halogens is 6. The molecule has 1 atom stereocenters. The lowest BCUT2D eigenvalue weighted by Crippen LogP contribution is -2.43. The molecule has 0 aliphatic heterocycles. The van der Waals surface area contributed by atoms with Gasteiger partial charge in [-0.15, -0.1) is 0 Å². The fourth-order valence-electron chi connectivity index (χ4n) is 1.19. The number of likely N-dealkylation sites (N-methyl/N-ethyl adjacent to an activating group) is 1. The van der Waals surface area contributed by atoms with E-state index >= 15 is 0 Å². The van der Waals surface area contributed by atoms with E-state index in [0.717, 1.165) is 4.13 Å². The van der Waals surface area contributed by atoms with Crippen LogP contribution in [-0.4, -0.2) is 83.8 Å². The minimum Gasteiger partial charge on any atom is -0.459 e. The summed E-state index contributed by atoms with van der Waals surface area (Å²) in [6.45, 7) is 5.60. The minimum atomic E-state index is -6.72. The number of alkyl halides is 6. The predicted molar refractivity (Wildman–Crippen MR) is 88.0 cm³/mol. The molecule has 0 rings (SSSR count). The fraction of sp³-hybridized carbons (Fsp3) is 0.750. The molecule has 0 radical (unpaired) electrons. The summed E-state index contributed by atoms with van der Waals surface area (Å²) in [7, 11) is -7.56. The molecule has 0 bridgehead atoms. The van der Waals surface area contributed by atoms with Crippen LogP contribution in [0.25, 0.3) is 4.13 Å². The standard InChI is InChI=1S/C10H20NO3.C2F6NO4S2/c1-8(2)10(13)14-7-9(12)6-11(3,4)5;3-1(4,5)14(10,11)9-15(12,13)2(6,7)8/h9,12H,1,6-7H2,2-5H3;/q+1;-1. The lowest BCUT2D eigenvalue weighted by atomic mass is 10.3. The van der Waals surface area contributed by atoms with Gasteiger partial charge in [0.15, 0.2) is 20.0 Å². The molecule has 1 unspecified atom stereocenters. The van der Waals surface area contributed by atoms with Crippen LogP contribution in [0.4, 0.5) is 26.3 Å². The summed E-state index contributed by atoms with van der Waals surface area (Å²) in [4.78, 5) is 11.0. The number of quaternary nitrogens is 1. The molecule has 0 aliphatic rings. The molecule has 174 valence electrons. The summed E-state index contributed by atoms with van der Waals surface area (Å²) in [5, 5.41) is 9.49. The summed E-state index contributed by atoms with van der Waals surface area (Å²) in [5.41, 5.74) is -12.1. The summed E-state index contributed by atoms with van der Waals surface area (Å²) < 4.78 is 115. The van der Waals surface area contributed by atoms with Crippen LogP contribution in [0.5, 0.6) is 0 Å². The maximum Gasteiger partial charge on any atom is 0.480 e. The third-order valence-corrected chi connectivity index (χ3v) is 5.03. The Kier molecular flexibility index (Phi) is 10.3. The summed E-state index contributed by atoms with van der Waals surface area (Å²) in [6.07, 6.45) is -0.627. The van der Waals surface area contributed by atoms with E-state index in [-0.39, 0.29) is 6.61 Å². The predicted octanol–water partition coefficient (Wildman–Crippen LogP) is 1.23. The van der Waals surface area contributed by atoms with Crippen molar-refractivity contribution in [3.8, 4) is 0 Å². The van der Waals surface area contributed by atoms with Gasteiger partial charge in [0.05, 0.1) is 21.1 Å². The number of aliphatic hydroxyl groups excluding tert-OH is 1. The second-order valence-electron chi connectivity index (χ2n) is 6.42. The first-order valence-corrected chi connectivity index (χ1v) is 9.99. The second-order valence-corrected chi connectivity index (χ2v) is 9.84. The number of carbonyl (C=O) groups is 1. The first kappa shape index (κ1) is 29.8. The van der Waals surface area contributed by atoms with Gasteiger partial charge >= 0.3 is 17.0 Å². The molecular formula is C12H20F6N2O7S2. The summed E-state index contributed by atoms with van der Waals surface area (Å²) in [5.74, 6) is -0.453. The van der Waals surface area contributed by atoms with Gasteiger partial charge in [0, 0.05) is 5.57 Å². The number of carbonyl (C=O) groups excluding carboxylic acids is 1. The molecule has 1 N–H and O–H groups in total. The number of hydrogen-bond acceptors (Lipinski definition) is 7. The van der Waals surface area contributed by atoms with E-state index in [1.807, 2.05) is 21.1 Å². The molecular weight excluding hydrogens is 462 g/mol. The first-order valence-electron chi connectivity index (χ1n) is 7.11. The van der Waals surface area contributed by atoms with Gasteiger partial charge in [0.25, 0.3) is 0 Å². The van der Waals surface area contributed by atoms with Gasteiger partial charge in [-0.25, -0.2) is 21.6 Å². The molecule has 17 heteroatoms. The molecule has 0 aromatic heterocycles. The summed E-state index contributed by atoms with van der Waals surface area (Å²) >= 11 is 0. The number of hydrogen-bond donors (Lipinski definition) is 1. The number of ether oxygens (including phenoxy) is 1. The van der Waals surface area contributed by atoms with Crippen LogP contribution >= 0.6 is 0 Å². The van der Waals surface area contributed by atoms with Gasteiger partial charge < -0.3 is 18.5 Å². The Labute approximate surface area is 163 Å². The molecule has 0 amide bonds. The second kappa shape index (κ2) is 10.1. The Morgan fingerprint density at radius 1 is 1.03 bits per heavy atom. The van der Waals surface area contributed by atoms with Gasteiger partial charge in [0.1, 0.15) is 19.3 Å². The van der Waals surface area contributed by atoms with Crippen molar-refractivity contribution in [3.63, 3.8) is 0 Å². The highest BCUT2D eigenvalue weighted by Crippen LogP contribution is 2.36. The maximum absolute atomic E-state index is 11.4. The molecule has 9 nitrogen and oxygen atoms in total. The van der Waals surface area contributed by atoms with Crippen molar-refractivity contribution in [2.24, 2.45) is 0 Å². The van der Waals surface area contributed by atoms with Crippen LogP contribution in [0.15, 0.2) is 12.2 Å².